The van der Waals surface area contributed by atoms with E-state index in [1.165, 1.54) is 36.4 Å². The van der Waals surface area contributed by atoms with Gasteiger partial charge in [-0.3, -0.25) is 20.1 Å². The second-order valence-corrected chi connectivity index (χ2v) is 8.99. The zero-order valence-electron chi connectivity index (χ0n) is 15.7. The van der Waals surface area contributed by atoms with Gasteiger partial charge in [0.15, 0.2) is 5.60 Å². The van der Waals surface area contributed by atoms with Crippen LogP contribution in [0.5, 0.6) is 0 Å². The zero-order valence-corrected chi connectivity index (χ0v) is 16.5. The van der Waals surface area contributed by atoms with E-state index in [2.05, 4.69) is 6.58 Å². The molecule has 1 saturated carbocycles. The molecule has 0 aromatic heterocycles. The third kappa shape index (κ3) is 3.03. The van der Waals surface area contributed by atoms with E-state index in [-0.39, 0.29) is 11.3 Å². The standard InChI is InChI=1S/C20H20NO8S/c1-2-9-20(18(21)26,29-30(27,28)13-6-4-3-5-7-13)19-10-8-12(11-19)14(16(22)23)15(19)17(24)25/h2-8,10,12,14-15,21H,1,9,11H2,(H,22,23)(H,24,25). The number of allylic oxidation sites excluding steroid dienone is 1. The van der Waals surface area contributed by atoms with E-state index in [4.69, 9.17) is 9.92 Å². The Bertz CT molecular complexity index is 1030. The second-order valence-electron chi connectivity index (χ2n) is 7.45. The van der Waals surface area contributed by atoms with Crippen LogP contribution >= 0.6 is 0 Å². The minimum atomic E-state index is -4.60. The molecule has 9 nitrogen and oxygen atoms in total. The first-order chi connectivity index (χ1) is 14.0. The minimum Gasteiger partial charge on any atom is -0.481 e. The molecular formula is C20H20NO8S. The lowest BCUT2D eigenvalue weighted by molar-refractivity contribution is -0.165. The van der Waals surface area contributed by atoms with Gasteiger partial charge in [-0.25, -0.2) is 4.18 Å². The Balaban J connectivity index is 2.23. The highest BCUT2D eigenvalue weighted by Gasteiger charge is 2.72. The van der Waals surface area contributed by atoms with Gasteiger partial charge in [0.25, 0.3) is 16.0 Å². The van der Waals surface area contributed by atoms with E-state index in [1.807, 2.05) is 0 Å². The summed E-state index contributed by atoms with van der Waals surface area (Å²) in [4.78, 5) is 36.3. The van der Waals surface area contributed by atoms with Gasteiger partial charge in [0.05, 0.1) is 16.7 Å². The molecule has 30 heavy (non-hydrogen) atoms. The van der Waals surface area contributed by atoms with Gasteiger partial charge in [0.1, 0.15) is 0 Å². The molecular weight excluding hydrogens is 414 g/mol. The van der Waals surface area contributed by atoms with Gasteiger partial charge in [-0.2, -0.15) is 8.42 Å². The summed E-state index contributed by atoms with van der Waals surface area (Å²) < 4.78 is 31.3. The number of carbonyl (C=O) groups excluding carboxylic acids is 1. The van der Waals surface area contributed by atoms with E-state index in [9.17, 15) is 33.0 Å². The van der Waals surface area contributed by atoms with Crippen molar-refractivity contribution < 1.29 is 37.2 Å². The Morgan fingerprint density at radius 2 is 1.87 bits per heavy atom. The molecule has 2 aliphatic rings. The van der Waals surface area contributed by atoms with Crippen LogP contribution in [0.15, 0.2) is 60.0 Å². The van der Waals surface area contributed by atoms with Crippen LogP contribution in [0.2, 0.25) is 0 Å². The predicted molar refractivity (Wildman–Crippen MR) is 102 cm³/mol. The summed E-state index contributed by atoms with van der Waals surface area (Å²) >= 11 is 0. The van der Waals surface area contributed by atoms with Crippen molar-refractivity contribution in [3.63, 3.8) is 0 Å². The highest BCUT2D eigenvalue weighted by atomic mass is 32.2. The summed E-state index contributed by atoms with van der Waals surface area (Å²) in [7, 11) is -4.60. The van der Waals surface area contributed by atoms with Crippen LogP contribution in [0.25, 0.3) is 0 Å². The topological polar surface area (TPSA) is 159 Å². The van der Waals surface area contributed by atoms with Crippen LogP contribution in [0.1, 0.15) is 12.8 Å². The molecule has 1 aromatic rings. The van der Waals surface area contributed by atoms with Crippen molar-refractivity contribution in [2.75, 3.05) is 0 Å². The van der Waals surface area contributed by atoms with Crippen LogP contribution in [-0.2, 0) is 28.7 Å². The highest BCUT2D eigenvalue weighted by Crippen LogP contribution is 2.63. The van der Waals surface area contributed by atoms with E-state index in [0.717, 1.165) is 6.08 Å². The number of amides is 1. The number of fused-ring (bicyclic) bond motifs is 2. The molecule has 0 aliphatic heterocycles. The number of benzene rings is 1. The number of hydrogen-bond acceptors (Lipinski definition) is 6. The molecule has 3 rings (SSSR count). The van der Waals surface area contributed by atoms with Gasteiger partial charge in [0, 0.05) is 11.8 Å². The molecule has 5 atom stereocenters. The molecule has 1 radical (unpaired) electrons. The molecule has 0 saturated heterocycles. The van der Waals surface area contributed by atoms with Crippen LogP contribution in [0.3, 0.4) is 0 Å². The molecule has 2 aliphatic carbocycles. The number of aliphatic carboxylic acids is 2. The van der Waals surface area contributed by atoms with Crippen molar-refractivity contribution in [2.45, 2.75) is 23.3 Å². The Morgan fingerprint density at radius 3 is 2.37 bits per heavy atom. The van der Waals surface area contributed by atoms with Crippen molar-refractivity contribution in [1.29, 1.82) is 0 Å². The molecule has 2 bridgehead atoms. The summed E-state index contributed by atoms with van der Waals surface area (Å²) in [6.07, 6.45) is 3.30. The van der Waals surface area contributed by atoms with E-state index < -0.39 is 63.2 Å². The Morgan fingerprint density at radius 1 is 1.23 bits per heavy atom. The molecule has 1 aromatic carbocycles. The number of nitrogens with one attached hydrogen (secondary N) is 1. The van der Waals surface area contributed by atoms with Gasteiger partial charge in [-0.1, -0.05) is 36.4 Å². The van der Waals surface area contributed by atoms with Crippen LogP contribution in [0, 0.1) is 23.2 Å². The fourth-order valence-electron chi connectivity index (χ4n) is 4.79. The molecule has 0 heterocycles. The second kappa shape index (κ2) is 7.37. The van der Waals surface area contributed by atoms with Gasteiger partial charge in [-0.15, -0.1) is 6.58 Å². The Labute approximate surface area is 173 Å². The summed E-state index contributed by atoms with van der Waals surface area (Å²) in [6, 6.07) is 6.92. The molecule has 1 fully saturated rings. The van der Waals surface area contributed by atoms with Crippen LogP contribution in [0.4, 0.5) is 0 Å². The maximum atomic E-state index is 13.0. The van der Waals surface area contributed by atoms with Crippen molar-refractivity contribution in [3.05, 3.63) is 55.1 Å². The first kappa shape index (κ1) is 21.7. The third-order valence-electron chi connectivity index (χ3n) is 5.98. The summed E-state index contributed by atoms with van der Waals surface area (Å²) in [5.41, 5.74) is 3.56. The summed E-state index contributed by atoms with van der Waals surface area (Å²) in [5.74, 6) is -8.15. The molecule has 10 heteroatoms. The number of hydrogen-bond donors (Lipinski definition) is 2. The molecule has 0 spiro atoms. The van der Waals surface area contributed by atoms with Gasteiger partial charge in [-0.05, 0) is 24.5 Å². The zero-order chi connectivity index (χ0) is 22.3. The van der Waals surface area contributed by atoms with Crippen molar-refractivity contribution in [1.82, 2.24) is 5.73 Å². The first-order valence-corrected chi connectivity index (χ1v) is 10.5. The van der Waals surface area contributed by atoms with Gasteiger partial charge >= 0.3 is 11.9 Å². The van der Waals surface area contributed by atoms with Crippen LogP contribution < -0.4 is 5.73 Å². The molecule has 1 amide bonds. The molecule has 159 valence electrons. The number of carboxylic acid groups (broad SMARTS) is 2. The van der Waals surface area contributed by atoms with E-state index >= 15 is 0 Å². The quantitative estimate of drug-likeness (QED) is 0.437. The fourth-order valence-corrected chi connectivity index (χ4v) is 6.05. The lowest BCUT2D eigenvalue weighted by Crippen LogP contribution is -2.60. The molecule has 3 N–H and O–H groups in total. The molecule has 5 unspecified atom stereocenters. The largest absolute Gasteiger partial charge is 0.481 e. The predicted octanol–water partition coefficient (Wildman–Crippen LogP) is 1.49. The maximum absolute atomic E-state index is 13.0. The number of rotatable bonds is 9. The van der Waals surface area contributed by atoms with Crippen LogP contribution in [-0.4, -0.2) is 42.1 Å². The lowest BCUT2D eigenvalue weighted by atomic mass is 9.62. The smallest absolute Gasteiger partial charge is 0.308 e. The summed E-state index contributed by atoms with van der Waals surface area (Å²) in [6.45, 7) is 3.51. The first-order valence-electron chi connectivity index (χ1n) is 9.05. The van der Waals surface area contributed by atoms with Gasteiger partial charge < -0.3 is 10.2 Å². The van der Waals surface area contributed by atoms with E-state index in [1.54, 1.807) is 6.07 Å². The van der Waals surface area contributed by atoms with Crippen molar-refractivity contribution in [3.8, 4) is 0 Å². The Hall–Kier alpha value is -2.98. The summed E-state index contributed by atoms with van der Waals surface area (Å²) in [5, 5.41) is 19.5. The average molecular weight is 434 g/mol. The normalized spacial score (nSPS) is 29.3. The monoisotopic (exact) mass is 434 g/mol. The van der Waals surface area contributed by atoms with Crippen molar-refractivity contribution in [2.24, 2.45) is 23.2 Å². The highest BCUT2D eigenvalue weighted by molar-refractivity contribution is 7.86. The average Bonchev–Trinajstić information content (AvgIpc) is 3.26. The minimum absolute atomic E-state index is 0.149. The Kier molecular flexibility index (Phi) is 5.33. The van der Waals surface area contributed by atoms with Crippen molar-refractivity contribution >= 4 is 28.0 Å². The fraction of sp³-hybridized carbons (Fsp3) is 0.350. The van der Waals surface area contributed by atoms with Gasteiger partial charge in [0.2, 0.25) is 0 Å². The number of carbonyl (C=O) groups is 3. The third-order valence-corrected chi connectivity index (χ3v) is 7.33. The lowest BCUT2D eigenvalue weighted by Gasteiger charge is -2.45. The SMILES string of the molecule is C=CCC(OS(=O)(=O)c1ccccc1)(C([NH])=O)C12C=CC(C1)C(C(=O)O)C2C(=O)O. The van der Waals surface area contributed by atoms with E-state index in [0.29, 0.717) is 0 Å². The maximum Gasteiger partial charge on any atom is 0.308 e. The number of carboxylic acids is 2.